The topological polar surface area (TPSA) is 113 Å². The van der Waals surface area contributed by atoms with E-state index in [9.17, 15) is 10.1 Å². The molecule has 0 saturated heterocycles. The molecule has 0 radical (unpaired) electrons. The number of hydrogen-bond donors (Lipinski definition) is 1. The average Bonchev–Trinajstić information content (AvgIpc) is 2.84. The molecule has 94 valence electrons. The number of nitro benzene ring substituents is 1. The number of rotatable bonds is 2. The summed E-state index contributed by atoms with van der Waals surface area (Å²) in [5.41, 5.74) is 6.42. The molecule has 0 spiro atoms. The molecule has 0 atom stereocenters. The fraction of sp³-hybridized carbons (Fsp3) is 0. The quantitative estimate of drug-likeness (QED) is 0.546. The molecular weight excluding hydrogens is 248 g/mol. The fourth-order valence-electron chi connectivity index (χ4n) is 1.84. The smallest absolute Gasteiger partial charge is 0.294 e. The van der Waals surface area contributed by atoms with Gasteiger partial charge in [0, 0.05) is 6.07 Å². The van der Waals surface area contributed by atoms with Crippen molar-refractivity contribution in [2.24, 2.45) is 0 Å². The highest BCUT2D eigenvalue weighted by Crippen LogP contribution is 2.25. The molecular formula is C11H8N6O2. The molecule has 3 aromatic rings. The van der Waals surface area contributed by atoms with Crippen LogP contribution in [0.4, 0.5) is 11.5 Å². The van der Waals surface area contributed by atoms with Crippen LogP contribution in [0, 0.1) is 10.1 Å². The van der Waals surface area contributed by atoms with E-state index in [2.05, 4.69) is 15.1 Å². The van der Waals surface area contributed by atoms with Gasteiger partial charge >= 0.3 is 0 Å². The van der Waals surface area contributed by atoms with Crippen molar-refractivity contribution in [3.05, 3.63) is 46.9 Å². The van der Waals surface area contributed by atoms with Gasteiger partial charge in [0.05, 0.1) is 16.5 Å². The van der Waals surface area contributed by atoms with Gasteiger partial charge in [0.2, 0.25) is 0 Å². The Hall–Kier alpha value is -3.03. The molecule has 19 heavy (non-hydrogen) atoms. The molecule has 3 rings (SSSR count). The second kappa shape index (κ2) is 4.02. The Morgan fingerprint density at radius 1 is 1.26 bits per heavy atom. The fourth-order valence-corrected chi connectivity index (χ4v) is 1.84. The van der Waals surface area contributed by atoms with Crippen molar-refractivity contribution in [1.29, 1.82) is 0 Å². The van der Waals surface area contributed by atoms with Crippen LogP contribution in [0.1, 0.15) is 0 Å². The molecule has 1 aromatic carbocycles. The predicted octanol–water partition coefficient (Wildman–Crippen LogP) is 1.31. The summed E-state index contributed by atoms with van der Waals surface area (Å²) in [6, 6.07) is 6.30. The van der Waals surface area contributed by atoms with Gasteiger partial charge in [0.25, 0.3) is 5.69 Å². The Kier molecular flexibility index (Phi) is 2.34. The largest absolute Gasteiger partial charge is 0.383 e. The maximum absolute atomic E-state index is 11.0. The molecule has 0 bridgehead atoms. The zero-order valence-corrected chi connectivity index (χ0v) is 9.59. The summed E-state index contributed by atoms with van der Waals surface area (Å²) in [6.07, 6.45) is 2.78. The molecule has 0 aliphatic heterocycles. The molecule has 0 amide bonds. The van der Waals surface area contributed by atoms with E-state index in [0.29, 0.717) is 16.7 Å². The summed E-state index contributed by atoms with van der Waals surface area (Å²) in [4.78, 5) is 18.5. The zero-order chi connectivity index (χ0) is 13.4. The minimum absolute atomic E-state index is 0.0512. The number of fused-ring (bicyclic) bond motifs is 1. The van der Waals surface area contributed by atoms with Crippen LogP contribution in [0.5, 0.6) is 0 Å². The van der Waals surface area contributed by atoms with Gasteiger partial charge in [-0.1, -0.05) is 12.1 Å². The summed E-state index contributed by atoms with van der Waals surface area (Å²) in [6.45, 7) is 0. The zero-order valence-electron chi connectivity index (χ0n) is 9.59. The van der Waals surface area contributed by atoms with Crippen LogP contribution in [0.15, 0.2) is 36.8 Å². The van der Waals surface area contributed by atoms with Crippen LogP contribution in [0.25, 0.3) is 16.7 Å². The van der Waals surface area contributed by atoms with Crippen LogP contribution in [0.3, 0.4) is 0 Å². The Balaban J connectivity index is 2.32. The normalized spacial score (nSPS) is 10.7. The van der Waals surface area contributed by atoms with Gasteiger partial charge in [-0.3, -0.25) is 10.1 Å². The van der Waals surface area contributed by atoms with E-state index in [4.69, 9.17) is 5.73 Å². The summed E-state index contributed by atoms with van der Waals surface area (Å²) in [7, 11) is 0. The number of nitrogen functional groups attached to an aromatic ring is 1. The van der Waals surface area contributed by atoms with Crippen molar-refractivity contribution < 1.29 is 4.92 Å². The first-order valence-corrected chi connectivity index (χ1v) is 5.36. The van der Waals surface area contributed by atoms with Gasteiger partial charge in [-0.05, 0) is 6.07 Å². The van der Waals surface area contributed by atoms with Crippen LogP contribution in [-0.4, -0.2) is 24.7 Å². The van der Waals surface area contributed by atoms with Gasteiger partial charge in [0.1, 0.15) is 17.8 Å². The standard InChI is InChI=1S/C11H8N6O2/c12-10-7-5-15-16(11(7)14-6-13-10)8-3-1-2-4-9(8)17(18)19/h1-6H,(H2,12,13,14). The second-order valence-corrected chi connectivity index (χ2v) is 3.80. The van der Waals surface area contributed by atoms with Crippen molar-refractivity contribution in [3.8, 4) is 5.69 Å². The van der Waals surface area contributed by atoms with Gasteiger partial charge < -0.3 is 5.73 Å². The third-order valence-electron chi connectivity index (χ3n) is 2.70. The van der Waals surface area contributed by atoms with Gasteiger partial charge in [-0.2, -0.15) is 5.10 Å². The monoisotopic (exact) mass is 256 g/mol. The Bertz CT molecular complexity index is 782. The lowest BCUT2D eigenvalue weighted by molar-refractivity contribution is -0.384. The van der Waals surface area contributed by atoms with Crippen molar-refractivity contribution >= 4 is 22.5 Å². The molecule has 8 nitrogen and oxygen atoms in total. The van der Waals surface area contributed by atoms with Crippen molar-refractivity contribution in [3.63, 3.8) is 0 Å². The molecule has 2 heterocycles. The summed E-state index contributed by atoms with van der Waals surface area (Å²) in [5.74, 6) is 0.287. The first kappa shape index (κ1) is 11.1. The van der Waals surface area contributed by atoms with Crippen LogP contribution < -0.4 is 5.73 Å². The second-order valence-electron chi connectivity index (χ2n) is 3.80. The van der Waals surface area contributed by atoms with E-state index in [1.165, 1.54) is 23.3 Å². The van der Waals surface area contributed by atoms with E-state index in [-0.39, 0.29) is 11.5 Å². The van der Waals surface area contributed by atoms with E-state index >= 15 is 0 Å². The Morgan fingerprint density at radius 2 is 2.05 bits per heavy atom. The minimum atomic E-state index is -0.465. The highest BCUT2D eigenvalue weighted by atomic mass is 16.6. The highest BCUT2D eigenvalue weighted by Gasteiger charge is 2.18. The van der Waals surface area contributed by atoms with E-state index in [0.717, 1.165) is 0 Å². The number of benzene rings is 1. The average molecular weight is 256 g/mol. The lowest BCUT2D eigenvalue weighted by Crippen LogP contribution is -2.02. The number of nitro groups is 1. The molecule has 2 aromatic heterocycles. The predicted molar refractivity (Wildman–Crippen MR) is 67.7 cm³/mol. The maximum atomic E-state index is 11.0. The summed E-state index contributed by atoms with van der Waals surface area (Å²) < 4.78 is 1.38. The van der Waals surface area contributed by atoms with Crippen molar-refractivity contribution in [1.82, 2.24) is 19.7 Å². The molecule has 0 aliphatic carbocycles. The number of aromatic nitrogens is 4. The minimum Gasteiger partial charge on any atom is -0.383 e. The van der Waals surface area contributed by atoms with Crippen LogP contribution in [-0.2, 0) is 0 Å². The van der Waals surface area contributed by atoms with Crippen LogP contribution >= 0.6 is 0 Å². The molecule has 2 N–H and O–H groups in total. The molecule has 0 saturated carbocycles. The van der Waals surface area contributed by atoms with Crippen molar-refractivity contribution in [2.75, 3.05) is 5.73 Å². The maximum Gasteiger partial charge on any atom is 0.294 e. The number of para-hydroxylation sites is 2. The van der Waals surface area contributed by atoms with Crippen LogP contribution in [0.2, 0.25) is 0 Å². The van der Waals surface area contributed by atoms with E-state index < -0.39 is 4.92 Å². The van der Waals surface area contributed by atoms with E-state index in [1.54, 1.807) is 18.2 Å². The van der Waals surface area contributed by atoms with Crippen molar-refractivity contribution in [2.45, 2.75) is 0 Å². The first-order chi connectivity index (χ1) is 9.18. The summed E-state index contributed by atoms with van der Waals surface area (Å²) >= 11 is 0. The third kappa shape index (κ3) is 1.66. The summed E-state index contributed by atoms with van der Waals surface area (Å²) in [5, 5.41) is 15.7. The van der Waals surface area contributed by atoms with E-state index in [1.807, 2.05) is 0 Å². The SMILES string of the molecule is Nc1ncnc2c1cnn2-c1ccccc1[N+](=O)[O-]. The number of nitrogens with two attached hydrogens (primary N) is 1. The highest BCUT2D eigenvalue weighted by molar-refractivity contribution is 5.86. The number of anilines is 1. The third-order valence-corrected chi connectivity index (χ3v) is 2.70. The van der Waals surface area contributed by atoms with Gasteiger partial charge in [0.15, 0.2) is 5.65 Å². The first-order valence-electron chi connectivity index (χ1n) is 5.36. The number of nitrogens with zero attached hydrogens (tertiary/aromatic N) is 5. The molecule has 0 fully saturated rings. The lowest BCUT2D eigenvalue weighted by atomic mass is 10.2. The molecule has 0 aliphatic rings. The van der Waals surface area contributed by atoms with Gasteiger partial charge in [-0.15, -0.1) is 0 Å². The Morgan fingerprint density at radius 3 is 2.84 bits per heavy atom. The van der Waals surface area contributed by atoms with Gasteiger partial charge in [-0.25, -0.2) is 14.6 Å². The molecule has 0 unspecified atom stereocenters. The molecule has 8 heteroatoms. The lowest BCUT2D eigenvalue weighted by Gasteiger charge is -2.03. The number of hydrogen-bond acceptors (Lipinski definition) is 6. The Labute approximate surface area is 106 Å².